The minimum atomic E-state index is -0.863. The van der Waals surface area contributed by atoms with Crippen LogP contribution in [0.1, 0.15) is 21.5 Å². The number of phenols is 1. The Hall–Kier alpha value is -4.91. The fourth-order valence-electron chi connectivity index (χ4n) is 2.83. The van der Waals surface area contributed by atoms with Gasteiger partial charge in [-0.3, -0.25) is 29.8 Å². The number of carbonyl (C=O) groups excluding carboxylic acids is 2. The molecule has 0 atom stereocenters. The number of amides is 2. The van der Waals surface area contributed by atoms with Gasteiger partial charge in [0, 0.05) is 35.4 Å². The Morgan fingerprint density at radius 3 is 2.19 bits per heavy atom. The van der Waals surface area contributed by atoms with Crippen molar-refractivity contribution in [1.82, 2.24) is 10.7 Å². The number of non-ortho nitro benzene ring substituents is 2. The molecule has 3 aromatic rings. The lowest BCUT2D eigenvalue weighted by atomic mass is 10.1. The second-order valence-corrected chi connectivity index (χ2v) is 7.90. The van der Waals surface area contributed by atoms with Crippen molar-refractivity contribution in [2.24, 2.45) is 5.10 Å². The van der Waals surface area contributed by atoms with E-state index in [4.69, 9.17) is 0 Å². The summed E-state index contributed by atoms with van der Waals surface area (Å²) < 4.78 is 0.0540. The van der Waals surface area contributed by atoms with Crippen LogP contribution in [0.3, 0.4) is 0 Å². The van der Waals surface area contributed by atoms with Crippen LogP contribution in [0, 0.1) is 20.2 Å². The zero-order valence-corrected chi connectivity index (χ0v) is 19.7. The number of nitrogens with zero attached hydrogens (tertiary/aromatic N) is 3. The molecule has 0 saturated heterocycles. The SMILES string of the molecule is O=C(N/N=C/c1cc([N+](=O)[O-])cc(Br)c1O)C(=Cc1ccc([N+](=O)[O-])cc1)NC(=O)c1ccccc1. The van der Waals surface area contributed by atoms with Crippen molar-refractivity contribution in [2.45, 2.75) is 0 Å². The summed E-state index contributed by atoms with van der Waals surface area (Å²) in [6, 6.07) is 15.5. The lowest BCUT2D eigenvalue weighted by molar-refractivity contribution is -0.385. The number of hydrogen-bond acceptors (Lipinski definition) is 8. The van der Waals surface area contributed by atoms with Crippen molar-refractivity contribution >= 4 is 51.4 Å². The predicted molar refractivity (Wildman–Crippen MR) is 133 cm³/mol. The van der Waals surface area contributed by atoms with E-state index < -0.39 is 21.7 Å². The highest BCUT2D eigenvalue weighted by Gasteiger charge is 2.16. The van der Waals surface area contributed by atoms with E-state index in [9.17, 15) is 34.9 Å². The maximum atomic E-state index is 12.8. The van der Waals surface area contributed by atoms with Gasteiger partial charge in [0.1, 0.15) is 11.4 Å². The minimum Gasteiger partial charge on any atom is -0.506 e. The summed E-state index contributed by atoms with van der Waals surface area (Å²) in [5, 5.41) is 38.2. The second kappa shape index (κ2) is 11.5. The van der Waals surface area contributed by atoms with Gasteiger partial charge in [0.2, 0.25) is 0 Å². The van der Waals surface area contributed by atoms with Crippen LogP contribution in [-0.2, 0) is 4.79 Å². The van der Waals surface area contributed by atoms with E-state index >= 15 is 0 Å². The summed E-state index contributed by atoms with van der Waals surface area (Å²) in [6.45, 7) is 0. The summed E-state index contributed by atoms with van der Waals surface area (Å²) >= 11 is 3.01. The maximum Gasteiger partial charge on any atom is 0.287 e. The molecular weight excluding hydrogens is 538 g/mol. The Kier molecular flexibility index (Phi) is 8.20. The molecule has 182 valence electrons. The zero-order valence-electron chi connectivity index (χ0n) is 18.1. The highest BCUT2D eigenvalue weighted by Crippen LogP contribution is 2.31. The Labute approximate surface area is 211 Å². The van der Waals surface area contributed by atoms with Crippen LogP contribution in [0.5, 0.6) is 5.75 Å². The third kappa shape index (κ3) is 6.57. The summed E-state index contributed by atoms with van der Waals surface area (Å²) in [4.78, 5) is 46.1. The quantitative estimate of drug-likeness (QED) is 0.164. The molecule has 0 unspecified atom stereocenters. The largest absolute Gasteiger partial charge is 0.506 e. The highest BCUT2D eigenvalue weighted by molar-refractivity contribution is 9.10. The number of hydrogen-bond donors (Lipinski definition) is 3. The molecule has 13 heteroatoms. The number of halogens is 1. The van der Waals surface area contributed by atoms with Gasteiger partial charge in [-0.1, -0.05) is 18.2 Å². The Balaban J connectivity index is 1.87. The van der Waals surface area contributed by atoms with E-state index in [0.717, 1.165) is 18.3 Å². The summed E-state index contributed by atoms with van der Waals surface area (Å²) in [5.74, 6) is -1.79. The number of phenolic OH excluding ortho intramolecular Hbond substituents is 1. The summed E-state index contributed by atoms with van der Waals surface area (Å²) in [6.07, 6.45) is 2.28. The number of nitrogens with one attached hydrogen (secondary N) is 2. The number of rotatable bonds is 8. The first kappa shape index (κ1) is 25.7. The van der Waals surface area contributed by atoms with Crippen molar-refractivity contribution in [3.8, 4) is 5.75 Å². The fourth-order valence-corrected chi connectivity index (χ4v) is 3.29. The maximum absolute atomic E-state index is 12.8. The standard InChI is InChI=1S/C23H16BrN5O7/c24-19-12-18(29(35)36)11-16(21(19)30)13-25-27-23(32)20(26-22(31)15-4-2-1-3-5-15)10-14-6-8-17(9-7-14)28(33)34/h1-13,30H,(H,26,31)(H,27,32)/b20-10?,25-13+. The van der Waals surface area contributed by atoms with Crippen LogP contribution < -0.4 is 10.7 Å². The molecule has 0 radical (unpaired) electrons. The third-order valence-electron chi connectivity index (χ3n) is 4.60. The molecule has 0 fully saturated rings. The van der Waals surface area contributed by atoms with Gasteiger partial charge in [-0.05, 0) is 51.8 Å². The normalized spacial score (nSPS) is 11.2. The van der Waals surface area contributed by atoms with E-state index in [1.807, 2.05) is 0 Å². The topological polar surface area (TPSA) is 177 Å². The molecule has 0 aliphatic heterocycles. The Morgan fingerprint density at radius 1 is 0.944 bits per heavy atom. The van der Waals surface area contributed by atoms with E-state index in [-0.39, 0.29) is 38.4 Å². The van der Waals surface area contributed by atoms with Gasteiger partial charge in [-0.25, -0.2) is 5.43 Å². The van der Waals surface area contributed by atoms with Gasteiger partial charge in [0.25, 0.3) is 23.2 Å². The van der Waals surface area contributed by atoms with Crippen LogP contribution in [0.15, 0.2) is 82.0 Å². The van der Waals surface area contributed by atoms with Gasteiger partial charge in [-0.2, -0.15) is 5.10 Å². The van der Waals surface area contributed by atoms with E-state index in [2.05, 4.69) is 31.8 Å². The van der Waals surface area contributed by atoms with Gasteiger partial charge in [0.15, 0.2) is 0 Å². The lowest BCUT2D eigenvalue weighted by Gasteiger charge is -2.09. The van der Waals surface area contributed by atoms with Crippen LogP contribution >= 0.6 is 15.9 Å². The molecule has 0 bridgehead atoms. The number of carbonyl (C=O) groups is 2. The number of hydrazone groups is 1. The van der Waals surface area contributed by atoms with Crippen LogP contribution in [0.25, 0.3) is 6.08 Å². The van der Waals surface area contributed by atoms with Crippen LogP contribution in [-0.4, -0.2) is 33.0 Å². The van der Waals surface area contributed by atoms with Crippen molar-refractivity contribution in [1.29, 1.82) is 0 Å². The molecule has 0 heterocycles. The van der Waals surface area contributed by atoms with Gasteiger partial charge >= 0.3 is 0 Å². The van der Waals surface area contributed by atoms with Crippen LogP contribution in [0.2, 0.25) is 0 Å². The zero-order chi connectivity index (χ0) is 26.2. The minimum absolute atomic E-state index is 0.0504. The van der Waals surface area contributed by atoms with Crippen LogP contribution in [0.4, 0.5) is 11.4 Å². The molecule has 3 rings (SSSR count). The molecule has 12 nitrogen and oxygen atoms in total. The smallest absolute Gasteiger partial charge is 0.287 e. The second-order valence-electron chi connectivity index (χ2n) is 7.05. The van der Waals surface area contributed by atoms with Gasteiger partial charge < -0.3 is 10.4 Å². The molecular formula is C23H16BrN5O7. The number of aromatic hydroxyl groups is 1. The van der Waals surface area contributed by atoms with E-state index in [0.29, 0.717) is 5.56 Å². The monoisotopic (exact) mass is 553 g/mol. The molecule has 3 N–H and O–H groups in total. The molecule has 0 spiro atoms. The highest BCUT2D eigenvalue weighted by atomic mass is 79.9. The first-order chi connectivity index (χ1) is 17.2. The number of nitro benzene ring substituents is 2. The van der Waals surface area contributed by atoms with Crippen molar-refractivity contribution in [3.05, 3.63) is 114 Å². The molecule has 2 amide bonds. The van der Waals surface area contributed by atoms with E-state index in [1.165, 1.54) is 42.5 Å². The average Bonchev–Trinajstić information content (AvgIpc) is 2.86. The van der Waals surface area contributed by atoms with Crippen molar-refractivity contribution in [2.75, 3.05) is 0 Å². The lowest BCUT2D eigenvalue weighted by Crippen LogP contribution is -2.32. The van der Waals surface area contributed by atoms with Crippen molar-refractivity contribution < 1.29 is 24.5 Å². The third-order valence-corrected chi connectivity index (χ3v) is 5.21. The molecule has 36 heavy (non-hydrogen) atoms. The Bertz CT molecular complexity index is 1390. The number of nitro groups is 2. The predicted octanol–water partition coefficient (Wildman–Crippen LogP) is 3.89. The summed E-state index contributed by atoms with van der Waals surface area (Å²) in [7, 11) is 0. The molecule has 0 aromatic heterocycles. The first-order valence-corrected chi connectivity index (χ1v) is 10.8. The molecule has 0 aliphatic carbocycles. The first-order valence-electron chi connectivity index (χ1n) is 9.98. The van der Waals surface area contributed by atoms with E-state index in [1.54, 1.807) is 18.2 Å². The average molecular weight is 554 g/mol. The van der Waals surface area contributed by atoms with Gasteiger partial charge in [-0.15, -0.1) is 0 Å². The molecule has 0 saturated carbocycles. The Morgan fingerprint density at radius 2 is 1.58 bits per heavy atom. The van der Waals surface area contributed by atoms with Gasteiger partial charge in [0.05, 0.1) is 20.5 Å². The molecule has 0 aliphatic rings. The molecule has 3 aromatic carbocycles. The number of benzene rings is 3. The fraction of sp³-hybridized carbons (Fsp3) is 0. The summed E-state index contributed by atoms with van der Waals surface area (Å²) in [5.41, 5.74) is 2.07. The van der Waals surface area contributed by atoms with Crippen molar-refractivity contribution in [3.63, 3.8) is 0 Å².